The van der Waals surface area contributed by atoms with Crippen LogP contribution in [0.2, 0.25) is 0 Å². The van der Waals surface area contributed by atoms with Crippen molar-refractivity contribution in [1.82, 2.24) is 41.3 Å². The van der Waals surface area contributed by atoms with E-state index in [2.05, 4.69) is 36.4 Å². The molecule has 222 valence electrons. The fourth-order valence-electron chi connectivity index (χ4n) is 8.04. The minimum Gasteiger partial charge on any atom is -0.366 e. The maximum absolute atomic E-state index is 13.3. The third kappa shape index (κ3) is 5.40. The zero-order valence-electron chi connectivity index (χ0n) is 23.3. The highest BCUT2D eigenvalue weighted by molar-refractivity contribution is 5.80. The van der Waals surface area contributed by atoms with Crippen molar-refractivity contribution in [2.24, 2.45) is 23.7 Å². The van der Waals surface area contributed by atoms with E-state index in [4.69, 9.17) is 10.1 Å². The van der Waals surface area contributed by atoms with Gasteiger partial charge in [-0.1, -0.05) is 0 Å². The van der Waals surface area contributed by atoms with Crippen LogP contribution in [0.5, 0.6) is 0 Å². The topological polar surface area (TPSA) is 103 Å². The predicted molar refractivity (Wildman–Crippen MR) is 141 cm³/mol. The lowest BCUT2D eigenvalue weighted by Gasteiger charge is -2.48. The number of nitrogens with one attached hydrogen (secondary N) is 6. The molecule has 0 radical (unpaired) electrons. The molecule has 4 saturated heterocycles. The molecule has 4 aliphatic heterocycles. The lowest BCUT2D eigenvalue weighted by Crippen LogP contribution is -2.73. The van der Waals surface area contributed by atoms with Crippen LogP contribution in [0.3, 0.4) is 0 Å². The first-order valence-electron chi connectivity index (χ1n) is 14.8. The summed E-state index contributed by atoms with van der Waals surface area (Å²) in [6, 6.07) is -0.876. The lowest BCUT2D eigenvalue weighted by molar-refractivity contribution is -0.150. The molecule has 2 aliphatic carbocycles. The number of fused-ring (bicyclic) bond motifs is 1. The smallest absolute Gasteiger partial charge is 0.366 e. The van der Waals surface area contributed by atoms with Gasteiger partial charge in [-0.15, -0.1) is 0 Å². The third-order valence-electron chi connectivity index (χ3n) is 10.4. The number of ether oxygens (including phenoxy) is 1. The fraction of sp³-hybridized carbons (Fsp3) is 0.962. The summed E-state index contributed by atoms with van der Waals surface area (Å²) in [7, 11) is 5.58. The van der Waals surface area contributed by atoms with Crippen LogP contribution in [-0.4, -0.2) is 117 Å². The van der Waals surface area contributed by atoms with Gasteiger partial charge in [0, 0.05) is 52.4 Å². The van der Waals surface area contributed by atoms with Crippen molar-refractivity contribution in [3.63, 3.8) is 0 Å². The molecule has 0 bridgehead atoms. The van der Waals surface area contributed by atoms with E-state index in [1.165, 1.54) is 12.8 Å². The number of hydrogen-bond acceptors (Lipinski definition) is 8. The lowest BCUT2D eigenvalue weighted by atomic mass is 9.80. The van der Waals surface area contributed by atoms with Gasteiger partial charge in [-0.3, -0.25) is 31.6 Å². The summed E-state index contributed by atoms with van der Waals surface area (Å²) in [6.45, 7) is 2.37. The Kier molecular flexibility index (Phi) is 7.79. The molecule has 39 heavy (non-hydrogen) atoms. The molecule has 6 fully saturated rings. The summed E-state index contributed by atoms with van der Waals surface area (Å²) in [5.74, 6) is 2.12. The van der Waals surface area contributed by atoms with Crippen molar-refractivity contribution >= 4 is 5.96 Å². The molecule has 4 heterocycles. The first kappa shape index (κ1) is 27.9. The Labute approximate surface area is 229 Å². The van der Waals surface area contributed by atoms with E-state index in [9.17, 15) is 13.2 Å². The highest BCUT2D eigenvalue weighted by Crippen LogP contribution is 2.40. The van der Waals surface area contributed by atoms with E-state index in [0.29, 0.717) is 23.8 Å². The summed E-state index contributed by atoms with van der Waals surface area (Å²) in [4.78, 5) is 6.15. The minimum atomic E-state index is -4.20. The van der Waals surface area contributed by atoms with Crippen molar-refractivity contribution < 1.29 is 17.9 Å². The maximum Gasteiger partial charge on any atom is 0.405 e. The van der Waals surface area contributed by atoms with E-state index in [1.807, 2.05) is 11.9 Å². The van der Waals surface area contributed by atoms with Gasteiger partial charge in [0.25, 0.3) is 0 Å². The predicted octanol–water partition coefficient (Wildman–Crippen LogP) is 0.498. The summed E-state index contributed by atoms with van der Waals surface area (Å²) in [5, 5.41) is 26.6. The number of alkyl halides is 3. The van der Waals surface area contributed by atoms with Crippen LogP contribution in [0.15, 0.2) is 0 Å². The maximum atomic E-state index is 13.3. The molecule has 0 amide bonds. The van der Waals surface area contributed by atoms with Gasteiger partial charge in [0.05, 0.1) is 18.4 Å². The van der Waals surface area contributed by atoms with Crippen molar-refractivity contribution in [1.29, 1.82) is 5.41 Å². The molecule has 6 rings (SSSR count). The summed E-state index contributed by atoms with van der Waals surface area (Å²) >= 11 is 0. The van der Waals surface area contributed by atoms with Crippen LogP contribution in [0, 0.1) is 29.1 Å². The molecular formula is C26H46F3N9O. The second-order valence-corrected chi connectivity index (χ2v) is 12.8. The van der Waals surface area contributed by atoms with E-state index in [0.717, 1.165) is 45.4 Å². The van der Waals surface area contributed by atoms with E-state index in [1.54, 1.807) is 14.2 Å². The van der Waals surface area contributed by atoms with Crippen molar-refractivity contribution in [2.45, 2.75) is 87.6 Å². The van der Waals surface area contributed by atoms with Crippen LogP contribution < -0.4 is 26.6 Å². The van der Waals surface area contributed by atoms with E-state index >= 15 is 0 Å². The van der Waals surface area contributed by atoms with Crippen molar-refractivity contribution in [3.8, 4) is 0 Å². The van der Waals surface area contributed by atoms with Gasteiger partial charge in [0.1, 0.15) is 18.4 Å². The van der Waals surface area contributed by atoms with Crippen LogP contribution in [0.25, 0.3) is 0 Å². The Hall–Kier alpha value is -1.22. The van der Waals surface area contributed by atoms with Crippen LogP contribution >= 0.6 is 0 Å². The van der Waals surface area contributed by atoms with Crippen LogP contribution in [0.4, 0.5) is 13.2 Å². The Morgan fingerprint density at radius 3 is 2.31 bits per heavy atom. The average Bonchev–Trinajstić information content (AvgIpc) is 3.66. The van der Waals surface area contributed by atoms with Gasteiger partial charge < -0.3 is 19.9 Å². The second kappa shape index (κ2) is 10.9. The van der Waals surface area contributed by atoms with Crippen molar-refractivity contribution in [3.05, 3.63) is 0 Å². The Morgan fingerprint density at radius 2 is 1.67 bits per heavy atom. The van der Waals surface area contributed by atoms with Gasteiger partial charge in [0.15, 0.2) is 5.96 Å². The zero-order valence-corrected chi connectivity index (χ0v) is 23.3. The average molecular weight is 558 g/mol. The first-order chi connectivity index (χ1) is 18.7. The fourth-order valence-corrected chi connectivity index (χ4v) is 8.04. The number of rotatable bonds is 6. The molecule has 0 aromatic heterocycles. The third-order valence-corrected chi connectivity index (χ3v) is 10.4. The van der Waals surface area contributed by atoms with Gasteiger partial charge in [0.2, 0.25) is 0 Å². The molecule has 8 atom stereocenters. The van der Waals surface area contributed by atoms with Gasteiger partial charge >= 0.3 is 6.18 Å². The highest BCUT2D eigenvalue weighted by Gasteiger charge is 2.52. The van der Waals surface area contributed by atoms with Crippen LogP contribution in [0.1, 0.15) is 38.5 Å². The Balaban J connectivity index is 1.08. The summed E-state index contributed by atoms with van der Waals surface area (Å²) in [5.41, 5.74) is 0. The monoisotopic (exact) mass is 557 g/mol. The molecule has 2 saturated carbocycles. The molecule has 10 nitrogen and oxygen atoms in total. The van der Waals surface area contributed by atoms with Crippen LogP contribution in [-0.2, 0) is 4.74 Å². The quantitative estimate of drug-likeness (QED) is 0.279. The van der Waals surface area contributed by atoms with Gasteiger partial charge in [-0.2, -0.15) is 13.2 Å². The first-order valence-corrected chi connectivity index (χ1v) is 14.8. The summed E-state index contributed by atoms with van der Waals surface area (Å²) in [6.07, 6.45) is 1.95. The largest absolute Gasteiger partial charge is 0.405 e. The molecular weight excluding hydrogens is 511 g/mol. The Morgan fingerprint density at radius 1 is 0.949 bits per heavy atom. The Bertz CT molecular complexity index is 883. The number of likely N-dealkylation sites (N-methyl/N-ethyl adjacent to an activating group) is 2. The molecule has 6 N–H and O–H groups in total. The normalized spacial score (nSPS) is 44.2. The molecule has 0 aromatic carbocycles. The summed E-state index contributed by atoms with van der Waals surface area (Å²) < 4.78 is 45.7. The van der Waals surface area contributed by atoms with E-state index < -0.39 is 12.2 Å². The van der Waals surface area contributed by atoms with Crippen molar-refractivity contribution in [2.75, 3.05) is 47.5 Å². The highest BCUT2D eigenvalue weighted by atomic mass is 19.4. The standard InChI is InChI=1S/C26H46F3N9O/c1-36-12-18(26(27,28)29)34-22(36)16-6-4-14(5-7-16)11-38-23-17(37(2)25(38)30)10-31-21(35-23)19-20(15-8-9-15)32-13-33-24(19)39-3/h14-24,30-35H,4-13H2,1-3H3. The van der Waals surface area contributed by atoms with Gasteiger partial charge in [-0.05, 0) is 63.3 Å². The second-order valence-electron chi connectivity index (χ2n) is 12.8. The molecule has 8 unspecified atom stereocenters. The number of nitrogens with zero attached hydrogens (tertiary/aromatic N) is 3. The molecule has 0 spiro atoms. The molecule has 6 aliphatic rings. The zero-order chi connectivity index (χ0) is 27.5. The number of hydrogen-bond donors (Lipinski definition) is 6. The number of methoxy groups -OCH3 is 1. The molecule has 0 aromatic rings. The number of halogens is 3. The SMILES string of the molecule is COC1NCNC(C2CC2)C1C1NCC2C(N1)N(CC1CCC(C3NC(C(F)(F)F)CN3C)CC1)C(=N)N2C. The van der Waals surface area contributed by atoms with Gasteiger partial charge in [-0.25, -0.2) is 0 Å². The minimum absolute atomic E-state index is 0.0207. The molecule has 13 heteroatoms. The van der Waals surface area contributed by atoms with E-state index in [-0.39, 0.29) is 49.1 Å². The number of guanidine groups is 1.